The van der Waals surface area contributed by atoms with Gasteiger partial charge in [0.15, 0.2) is 0 Å². The second-order valence-corrected chi connectivity index (χ2v) is 3.52. The van der Waals surface area contributed by atoms with E-state index in [4.69, 9.17) is 0 Å². The second-order valence-electron chi connectivity index (χ2n) is 3.52. The molecule has 0 aliphatic carbocycles. The van der Waals surface area contributed by atoms with E-state index < -0.39 is 0 Å². The molecule has 2 aromatic rings. The van der Waals surface area contributed by atoms with Crippen LogP contribution in [0.1, 0.15) is 12.5 Å². The van der Waals surface area contributed by atoms with Crippen molar-refractivity contribution in [3.05, 3.63) is 42.2 Å². The highest BCUT2D eigenvalue weighted by molar-refractivity contribution is 5.67. The molecule has 0 fully saturated rings. The fraction of sp³-hybridized carbons (Fsp3) is 0.231. The molecule has 3 heteroatoms. The molecule has 0 saturated carbocycles. The van der Waals surface area contributed by atoms with Crippen LogP contribution in [-0.2, 0) is 6.42 Å². The summed E-state index contributed by atoms with van der Waals surface area (Å²) in [6.07, 6.45) is 2.52. The van der Waals surface area contributed by atoms with E-state index in [2.05, 4.69) is 34.3 Å². The Hall–Kier alpha value is -1.90. The summed E-state index contributed by atoms with van der Waals surface area (Å²) in [6.45, 7) is 2.12. The van der Waals surface area contributed by atoms with Crippen molar-refractivity contribution in [1.29, 1.82) is 0 Å². The van der Waals surface area contributed by atoms with Gasteiger partial charge in [-0.05, 0) is 6.42 Å². The number of hydrogen-bond donors (Lipinski definition) is 1. The number of aromatic nitrogens is 2. The number of nitrogens with one attached hydrogen (secondary N) is 1. The van der Waals surface area contributed by atoms with Crippen molar-refractivity contribution in [3.63, 3.8) is 0 Å². The Labute approximate surface area is 95.6 Å². The molecular weight excluding hydrogens is 198 g/mol. The Balaban J connectivity index is 2.57. The van der Waals surface area contributed by atoms with Crippen LogP contribution < -0.4 is 5.32 Å². The standard InChI is InChI=1S/C13H15N3/c1-3-11-12(10-7-5-4-6-8-10)15-9-16-13(11)14-2/h4-9H,3H2,1-2H3,(H,14,15,16). The summed E-state index contributed by atoms with van der Waals surface area (Å²) in [5, 5.41) is 3.11. The topological polar surface area (TPSA) is 37.8 Å². The van der Waals surface area contributed by atoms with Crippen molar-refractivity contribution in [2.45, 2.75) is 13.3 Å². The van der Waals surface area contributed by atoms with Crippen molar-refractivity contribution in [2.24, 2.45) is 0 Å². The minimum atomic E-state index is 0.913. The van der Waals surface area contributed by atoms with E-state index in [1.165, 1.54) is 0 Å². The molecule has 3 nitrogen and oxygen atoms in total. The first kappa shape index (κ1) is 10.6. The summed E-state index contributed by atoms with van der Waals surface area (Å²) in [6, 6.07) is 10.2. The number of nitrogens with zero attached hydrogens (tertiary/aromatic N) is 2. The summed E-state index contributed by atoms with van der Waals surface area (Å²) in [5.41, 5.74) is 3.32. The summed E-state index contributed by atoms with van der Waals surface area (Å²) in [5.74, 6) is 0.913. The minimum Gasteiger partial charge on any atom is -0.373 e. The fourth-order valence-electron chi connectivity index (χ4n) is 1.81. The first-order valence-electron chi connectivity index (χ1n) is 5.43. The lowest BCUT2D eigenvalue weighted by atomic mass is 10.0. The van der Waals surface area contributed by atoms with E-state index in [0.29, 0.717) is 0 Å². The first-order valence-corrected chi connectivity index (χ1v) is 5.43. The molecule has 82 valence electrons. The average molecular weight is 213 g/mol. The largest absolute Gasteiger partial charge is 0.373 e. The van der Waals surface area contributed by atoms with E-state index in [0.717, 1.165) is 29.1 Å². The maximum atomic E-state index is 4.38. The molecule has 0 bridgehead atoms. The van der Waals surface area contributed by atoms with Gasteiger partial charge in [0.05, 0.1) is 5.69 Å². The molecule has 0 atom stereocenters. The molecule has 1 aromatic carbocycles. The highest BCUT2D eigenvalue weighted by Gasteiger charge is 2.09. The zero-order valence-electron chi connectivity index (χ0n) is 9.57. The van der Waals surface area contributed by atoms with Gasteiger partial charge in [0.25, 0.3) is 0 Å². The van der Waals surface area contributed by atoms with Gasteiger partial charge in [0, 0.05) is 18.2 Å². The molecule has 0 radical (unpaired) electrons. The van der Waals surface area contributed by atoms with E-state index in [1.807, 2.05) is 25.2 Å². The van der Waals surface area contributed by atoms with Crippen molar-refractivity contribution >= 4 is 5.82 Å². The van der Waals surface area contributed by atoms with Crippen LogP contribution in [0.2, 0.25) is 0 Å². The van der Waals surface area contributed by atoms with Gasteiger partial charge in [-0.2, -0.15) is 0 Å². The van der Waals surface area contributed by atoms with Crippen molar-refractivity contribution in [1.82, 2.24) is 9.97 Å². The molecule has 0 aliphatic rings. The fourth-order valence-corrected chi connectivity index (χ4v) is 1.81. The number of rotatable bonds is 3. The Kier molecular flexibility index (Phi) is 3.15. The van der Waals surface area contributed by atoms with E-state index in [-0.39, 0.29) is 0 Å². The quantitative estimate of drug-likeness (QED) is 0.851. The Morgan fingerprint density at radius 1 is 1.12 bits per heavy atom. The van der Waals surface area contributed by atoms with Crippen LogP contribution >= 0.6 is 0 Å². The monoisotopic (exact) mass is 213 g/mol. The molecule has 16 heavy (non-hydrogen) atoms. The highest BCUT2D eigenvalue weighted by atomic mass is 15.0. The van der Waals surface area contributed by atoms with Gasteiger partial charge in [0.2, 0.25) is 0 Å². The van der Waals surface area contributed by atoms with E-state index in [1.54, 1.807) is 6.33 Å². The second kappa shape index (κ2) is 4.75. The van der Waals surface area contributed by atoms with E-state index in [9.17, 15) is 0 Å². The smallest absolute Gasteiger partial charge is 0.132 e. The van der Waals surface area contributed by atoms with Gasteiger partial charge in [0.1, 0.15) is 12.1 Å². The summed E-state index contributed by atoms with van der Waals surface area (Å²) < 4.78 is 0. The molecule has 0 spiro atoms. The van der Waals surface area contributed by atoms with Crippen LogP contribution in [0.25, 0.3) is 11.3 Å². The van der Waals surface area contributed by atoms with Crippen LogP contribution in [0, 0.1) is 0 Å². The zero-order valence-corrected chi connectivity index (χ0v) is 9.57. The maximum absolute atomic E-state index is 4.38. The molecule has 1 heterocycles. The van der Waals surface area contributed by atoms with Crippen LogP contribution in [0.15, 0.2) is 36.7 Å². The van der Waals surface area contributed by atoms with Crippen molar-refractivity contribution in [2.75, 3.05) is 12.4 Å². The first-order chi connectivity index (χ1) is 7.86. The van der Waals surface area contributed by atoms with Gasteiger partial charge in [-0.25, -0.2) is 9.97 Å². The summed E-state index contributed by atoms with van der Waals surface area (Å²) in [7, 11) is 1.89. The number of anilines is 1. The lowest BCUT2D eigenvalue weighted by Crippen LogP contribution is -2.01. The van der Waals surface area contributed by atoms with Gasteiger partial charge in [-0.15, -0.1) is 0 Å². The molecule has 0 aliphatic heterocycles. The number of benzene rings is 1. The normalized spacial score (nSPS) is 10.1. The zero-order chi connectivity index (χ0) is 11.4. The molecule has 0 unspecified atom stereocenters. The maximum Gasteiger partial charge on any atom is 0.132 e. The third-order valence-corrected chi connectivity index (χ3v) is 2.58. The summed E-state index contributed by atoms with van der Waals surface area (Å²) in [4.78, 5) is 8.61. The highest BCUT2D eigenvalue weighted by Crippen LogP contribution is 2.25. The molecule has 0 saturated heterocycles. The third kappa shape index (κ3) is 1.89. The summed E-state index contributed by atoms with van der Waals surface area (Å²) >= 11 is 0. The van der Waals surface area contributed by atoms with E-state index >= 15 is 0 Å². The molecular formula is C13H15N3. The van der Waals surface area contributed by atoms with Gasteiger partial charge < -0.3 is 5.32 Å². The SMILES string of the molecule is CCc1c(NC)ncnc1-c1ccccc1. The van der Waals surface area contributed by atoms with Crippen molar-refractivity contribution < 1.29 is 0 Å². The molecule has 0 amide bonds. The Bertz CT molecular complexity index is 466. The molecule has 1 aromatic heterocycles. The molecule has 1 N–H and O–H groups in total. The Morgan fingerprint density at radius 3 is 2.50 bits per heavy atom. The Morgan fingerprint density at radius 2 is 1.88 bits per heavy atom. The predicted molar refractivity (Wildman–Crippen MR) is 66.4 cm³/mol. The van der Waals surface area contributed by atoms with Crippen LogP contribution in [0.5, 0.6) is 0 Å². The van der Waals surface area contributed by atoms with Gasteiger partial charge in [-0.3, -0.25) is 0 Å². The average Bonchev–Trinajstić information content (AvgIpc) is 2.38. The lowest BCUT2D eigenvalue weighted by molar-refractivity contribution is 1.05. The minimum absolute atomic E-state index is 0.913. The predicted octanol–water partition coefficient (Wildman–Crippen LogP) is 2.75. The van der Waals surface area contributed by atoms with Crippen LogP contribution in [-0.4, -0.2) is 17.0 Å². The third-order valence-electron chi connectivity index (χ3n) is 2.58. The van der Waals surface area contributed by atoms with Gasteiger partial charge in [-0.1, -0.05) is 37.3 Å². The number of hydrogen-bond acceptors (Lipinski definition) is 3. The van der Waals surface area contributed by atoms with Crippen LogP contribution in [0.3, 0.4) is 0 Å². The van der Waals surface area contributed by atoms with Crippen molar-refractivity contribution in [3.8, 4) is 11.3 Å². The molecule has 2 rings (SSSR count). The van der Waals surface area contributed by atoms with Gasteiger partial charge >= 0.3 is 0 Å². The van der Waals surface area contributed by atoms with Crippen LogP contribution in [0.4, 0.5) is 5.82 Å². The lowest BCUT2D eigenvalue weighted by Gasteiger charge is -2.10.